The molecule has 6 rings (SSSR count). The molecule has 3 aromatic heterocycles. The molecule has 0 radical (unpaired) electrons. The molecule has 1 saturated carbocycles. The van der Waals surface area contributed by atoms with Gasteiger partial charge in [-0.2, -0.15) is 0 Å². The lowest BCUT2D eigenvalue weighted by molar-refractivity contribution is -0.121. The van der Waals surface area contributed by atoms with Crippen molar-refractivity contribution in [3.05, 3.63) is 65.3 Å². The molecule has 10 nitrogen and oxygen atoms in total. The minimum absolute atomic E-state index is 0.0289. The van der Waals surface area contributed by atoms with Gasteiger partial charge < -0.3 is 20.7 Å². The van der Waals surface area contributed by atoms with Crippen LogP contribution < -0.4 is 25.6 Å². The van der Waals surface area contributed by atoms with E-state index in [1.165, 1.54) is 11.3 Å². The Morgan fingerprint density at radius 1 is 1.05 bits per heavy atom. The van der Waals surface area contributed by atoms with Gasteiger partial charge in [0.05, 0.1) is 28.1 Å². The standard InChI is InChI=1S/C30H30N6O4S/c1-3-23(37)33-19-11-7-8-12-20(19)34-28(38)27-26-25-22(15-16-31-29(25)41-27)36(30(39)35-26)21-13-14-24(32-17(21)2)40-18-9-5-4-6-10-18/h4-6,9-10,13-16,19-20H,3,7-8,11-12H2,1-2H3,(H,33,37)(H,34,38)(H,35,39)/t19-,20-/m1/s1. The van der Waals surface area contributed by atoms with Gasteiger partial charge in [0, 0.05) is 30.8 Å². The maximum Gasteiger partial charge on any atom is 0.331 e. The monoisotopic (exact) mass is 570 g/mol. The molecule has 41 heavy (non-hydrogen) atoms. The van der Waals surface area contributed by atoms with Crippen LogP contribution in [-0.2, 0) is 4.79 Å². The summed E-state index contributed by atoms with van der Waals surface area (Å²) in [5.41, 5.74) is 2.27. The van der Waals surface area contributed by atoms with Gasteiger partial charge in [-0.25, -0.2) is 14.8 Å². The number of pyridine rings is 2. The minimum atomic E-state index is -0.398. The number of nitrogens with one attached hydrogen (secondary N) is 3. The molecular formula is C30H30N6O4S. The van der Waals surface area contributed by atoms with Crippen molar-refractivity contribution >= 4 is 56.5 Å². The van der Waals surface area contributed by atoms with Gasteiger partial charge in [-0.15, -0.1) is 11.3 Å². The van der Waals surface area contributed by atoms with Crippen LogP contribution in [0.3, 0.4) is 0 Å². The number of amides is 4. The third-order valence-electron chi connectivity index (χ3n) is 7.44. The van der Waals surface area contributed by atoms with Gasteiger partial charge in [0.15, 0.2) is 0 Å². The number of benzene rings is 1. The fourth-order valence-electron chi connectivity index (χ4n) is 5.44. The van der Waals surface area contributed by atoms with Crippen LogP contribution in [0.1, 0.15) is 54.4 Å². The summed E-state index contributed by atoms with van der Waals surface area (Å²) in [5.74, 6) is 0.769. The lowest BCUT2D eigenvalue weighted by Gasteiger charge is -2.33. The number of anilines is 3. The van der Waals surface area contributed by atoms with Gasteiger partial charge in [-0.1, -0.05) is 38.0 Å². The predicted molar refractivity (Wildman–Crippen MR) is 158 cm³/mol. The summed E-state index contributed by atoms with van der Waals surface area (Å²) in [6.45, 7) is 3.63. The molecular weight excluding hydrogens is 540 g/mol. The number of urea groups is 1. The van der Waals surface area contributed by atoms with E-state index in [0.29, 0.717) is 55.9 Å². The number of rotatable bonds is 7. The van der Waals surface area contributed by atoms with E-state index in [9.17, 15) is 14.4 Å². The fourth-order valence-corrected chi connectivity index (χ4v) is 6.46. The largest absolute Gasteiger partial charge is 0.439 e. The molecule has 4 aromatic rings. The zero-order valence-electron chi connectivity index (χ0n) is 22.8. The van der Waals surface area contributed by atoms with Crippen LogP contribution in [-0.4, -0.2) is 39.9 Å². The first-order chi connectivity index (χ1) is 19.9. The molecule has 1 aromatic carbocycles. The summed E-state index contributed by atoms with van der Waals surface area (Å²) >= 11 is 1.24. The minimum Gasteiger partial charge on any atom is -0.439 e. The van der Waals surface area contributed by atoms with Gasteiger partial charge in [-0.3, -0.25) is 14.5 Å². The first-order valence-corrected chi connectivity index (χ1v) is 14.6. The number of thiophene rings is 1. The van der Waals surface area contributed by atoms with E-state index in [-0.39, 0.29) is 23.9 Å². The maximum atomic E-state index is 13.6. The second-order valence-electron chi connectivity index (χ2n) is 10.1. The van der Waals surface area contributed by atoms with Crippen molar-refractivity contribution in [3.63, 3.8) is 0 Å². The normalized spacial score (nSPS) is 18.1. The number of aryl methyl sites for hydroxylation is 1. The Bertz CT molecular complexity index is 1640. The van der Waals surface area contributed by atoms with Crippen LogP contribution >= 0.6 is 11.3 Å². The van der Waals surface area contributed by atoms with Gasteiger partial charge in [0.25, 0.3) is 5.91 Å². The highest BCUT2D eigenvalue weighted by Crippen LogP contribution is 2.46. The SMILES string of the molecule is CCC(=O)N[C@@H]1CCCC[C@H]1NC(=O)c1sc2nccc3c2c1NC(=O)N3c1ccc(Oc2ccccc2)nc1C. The average Bonchev–Trinajstić information content (AvgIpc) is 3.35. The van der Waals surface area contributed by atoms with E-state index in [4.69, 9.17) is 4.74 Å². The summed E-state index contributed by atoms with van der Waals surface area (Å²) in [5, 5.41) is 9.82. The quantitative estimate of drug-likeness (QED) is 0.249. The molecule has 0 bridgehead atoms. The van der Waals surface area contributed by atoms with Crippen molar-refractivity contribution in [2.45, 2.75) is 58.0 Å². The molecule has 11 heteroatoms. The topological polar surface area (TPSA) is 126 Å². The number of nitrogens with zero attached hydrogens (tertiary/aromatic N) is 3. The van der Waals surface area contributed by atoms with Crippen molar-refractivity contribution in [2.24, 2.45) is 0 Å². The van der Waals surface area contributed by atoms with Crippen LogP contribution in [0, 0.1) is 6.92 Å². The van der Waals surface area contributed by atoms with E-state index in [1.807, 2.05) is 44.2 Å². The molecule has 0 saturated heterocycles. The Kier molecular flexibility index (Phi) is 7.27. The van der Waals surface area contributed by atoms with Crippen molar-refractivity contribution in [3.8, 4) is 11.6 Å². The number of hydrogen-bond donors (Lipinski definition) is 3. The van der Waals surface area contributed by atoms with E-state index in [0.717, 1.165) is 25.7 Å². The van der Waals surface area contributed by atoms with Crippen molar-refractivity contribution in [1.29, 1.82) is 0 Å². The Balaban J connectivity index is 1.30. The Hall–Kier alpha value is -4.51. The van der Waals surface area contributed by atoms with Crippen LogP contribution in [0.15, 0.2) is 54.7 Å². The summed E-state index contributed by atoms with van der Waals surface area (Å²) in [6.07, 6.45) is 5.60. The Morgan fingerprint density at radius 2 is 1.80 bits per heavy atom. The number of carbonyl (C=O) groups excluding carboxylic acids is 3. The molecule has 1 aliphatic carbocycles. The van der Waals surface area contributed by atoms with Gasteiger partial charge >= 0.3 is 6.03 Å². The first-order valence-electron chi connectivity index (χ1n) is 13.8. The van der Waals surface area contributed by atoms with E-state index in [1.54, 1.807) is 29.3 Å². The molecule has 0 unspecified atom stereocenters. The highest BCUT2D eigenvalue weighted by atomic mass is 32.1. The maximum absolute atomic E-state index is 13.6. The van der Waals surface area contributed by atoms with Crippen molar-refractivity contribution in [1.82, 2.24) is 20.6 Å². The van der Waals surface area contributed by atoms with Crippen LogP contribution in [0.5, 0.6) is 11.6 Å². The molecule has 1 fully saturated rings. The van der Waals surface area contributed by atoms with Crippen molar-refractivity contribution in [2.75, 3.05) is 10.2 Å². The molecule has 2 atom stereocenters. The zero-order chi connectivity index (χ0) is 28.5. The number of ether oxygens (including phenoxy) is 1. The van der Waals surface area contributed by atoms with E-state index < -0.39 is 6.03 Å². The Morgan fingerprint density at radius 3 is 2.54 bits per heavy atom. The predicted octanol–water partition coefficient (Wildman–Crippen LogP) is 6.04. The van der Waals surface area contributed by atoms with Crippen LogP contribution in [0.4, 0.5) is 21.9 Å². The van der Waals surface area contributed by atoms with Gasteiger partial charge in [0.2, 0.25) is 11.8 Å². The molecule has 3 N–H and O–H groups in total. The van der Waals surface area contributed by atoms with E-state index in [2.05, 4.69) is 25.9 Å². The highest BCUT2D eigenvalue weighted by molar-refractivity contribution is 7.21. The number of aromatic nitrogens is 2. The molecule has 4 amide bonds. The second-order valence-corrected chi connectivity index (χ2v) is 11.1. The van der Waals surface area contributed by atoms with Crippen LogP contribution in [0.25, 0.3) is 10.2 Å². The Labute approximate surface area is 241 Å². The first kappa shape index (κ1) is 26.7. The summed E-state index contributed by atoms with van der Waals surface area (Å²) in [7, 11) is 0. The number of hydrogen-bond acceptors (Lipinski definition) is 7. The molecule has 1 aliphatic heterocycles. The summed E-state index contributed by atoms with van der Waals surface area (Å²) in [4.78, 5) is 50.8. The zero-order valence-corrected chi connectivity index (χ0v) is 23.6. The molecule has 0 spiro atoms. The third-order valence-corrected chi connectivity index (χ3v) is 8.54. The van der Waals surface area contributed by atoms with E-state index >= 15 is 0 Å². The molecule has 4 heterocycles. The van der Waals surface area contributed by atoms with Gasteiger partial charge in [-0.05, 0) is 44.0 Å². The third kappa shape index (κ3) is 5.20. The molecule has 2 aliphatic rings. The van der Waals surface area contributed by atoms with Crippen molar-refractivity contribution < 1.29 is 19.1 Å². The van der Waals surface area contributed by atoms with Gasteiger partial charge in [0.1, 0.15) is 15.5 Å². The smallest absolute Gasteiger partial charge is 0.331 e. The summed E-state index contributed by atoms with van der Waals surface area (Å²) < 4.78 is 5.86. The van der Waals surface area contributed by atoms with Crippen LogP contribution in [0.2, 0.25) is 0 Å². The lowest BCUT2D eigenvalue weighted by atomic mass is 9.90. The number of para-hydroxylation sites is 1. The average molecular weight is 571 g/mol. The fraction of sp³-hybridized carbons (Fsp3) is 0.300. The second kappa shape index (κ2) is 11.2. The highest BCUT2D eigenvalue weighted by Gasteiger charge is 2.35. The summed E-state index contributed by atoms with van der Waals surface area (Å²) in [6, 6.07) is 14.0. The number of carbonyl (C=O) groups is 3. The lowest BCUT2D eigenvalue weighted by Crippen LogP contribution is -2.53. The molecule has 210 valence electrons.